The van der Waals surface area contributed by atoms with Gasteiger partial charge in [0.2, 0.25) is 5.91 Å². The number of rotatable bonds is 2. The number of halogens is 2. The van der Waals surface area contributed by atoms with E-state index >= 15 is 0 Å². The SMILES string of the molecule is NC(=O)C1CCCN1C(=O)c1cc(Br)ccc1F. The summed E-state index contributed by atoms with van der Waals surface area (Å²) in [4.78, 5) is 24.8. The molecule has 2 amide bonds. The Balaban J connectivity index is 2.31. The van der Waals surface area contributed by atoms with Gasteiger partial charge in [0.1, 0.15) is 11.9 Å². The van der Waals surface area contributed by atoms with E-state index in [4.69, 9.17) is 5.73 Å². The molecule has 0 spiro atoms. The third-order valence-electron chi connectivity index (χ3n) is 3.00. The average molecular weight is 315 g/mol. The Morgan fingerprint density at radius 2 is 2.17 bits per heavy atom. The second-order valence-electron chi connectivity index (χ2n) is 4.18. The monoisotopic (exact) mass is 314 g/mol. The van der Waals surface area contributed by atoms with Crippen LogP contribution in [0.15, 0.2) is 22.7 Å². The molecule has 2 N–H and O–H groups in total. The average Bonchev–Trinajstić information content (AvgIpc) is 2.80. The summed E-state index contributed by atoms with van der Waals surface area (Å²) in [5.74, 6) is -1.63. The van der Waals surface area contributed by atoms with Gasteiger partial charge in [0.25, 0.3) is 5.91 Å². The van der Waals surface area contributed by atoms with Crippen LogP contribution in [0.3, 0.4) is 0 Å². The van der Waals surface area contributed by atoms with Crippen LogP contribution >= 0.6 is 15.9 Å². The summed E-state index contributed by atoms with van der Waals surface area (Å²) in [7, 11) is 0. The standard InChI is InChI=1S/C12H12BrFN2O2/c13-7-3-4-9(14)8(6-7)12(18)16-5-1-2-10(16)11(15)17/h3-4,6,10H,1-2,5H2,(H2,15,17). The Morgan fingerprint density at radius 1 is 1.44 bits per heavy atom. The first-order valence-electron chi connectivity index (χ1n) is 5.56. The first-order valence-corrected chi connectivity index (χ1v) is 6.35. The smallest absolute Gasteiger partial charge is 0.257 e. The molecule has 18 heavy (non-hydrogen) atoms. The summed E-state index contributed by atoms with van der Waals surface area (Å²) in [5.41, 5.74) is 5.19. The molecule has 0 radical (unpaired) electrons. The van der Waals surface area contributed by atoms with Gasteiger partial charge in [-0.2, -0.15) is 0 Å². The normalized spacial score (nSPS) is 19.0. The zero-order chi connectivity index (χ0) is 13.3. The number of hydrogen-bond donors (Lipinski definition) is 1. The Labute approximate surface area is 112 Å². The van der Waals surface area contributed by atoms with Crippen molar-refractivity contribution in [1.29, 1.82) is 0 Å². The molecule has 1 fully saturated rings. The second kappa shape index (κ2) is 5.06. The summed E-state index contributed by atoms with van der Waals surface area (Å²) in [5, 5.41) is 0. The molecule has 0 aromatic heterocycles. The Bertz CT molecular complexity index is 507. The van der Waals surface area contributed by atoms with Crippen molar-refractivity contribution in [3.63, 3.8) is 0 Å². The summed E-state index contributed by atoms with van der Waals surface area (Å²) in [6.07, 6.45) is 1.24. The van der Waals surface area contributed by atoms with Gasteiger partial charge < -0.3 is 10.6 Å². The van der Waals surface area contributed by atoms with Gasteiger partial charge in [-0.1, -0.05) is 15.9 Å². The third-order valence-corrected chi connectivity index (χ3v) is 3.49. The molecule has 4 nitrogen and oxygen atoms in total. The van der Waals surface area contributed by atoms with Crippen LogP contribution in [0.25, 0.3) is 0 Å². The van der Waals surface area contributed by atoms with Crippen molar-refractivity contribution in [2.45, 2.75) is 18.9 Å². The molecule has 1 unspecified atom stereocenters. The maximum absolute atomic E-state index is 13.6. The lowest BCUT2D eigenvalue weighted by molar-refractivity contribution is -0.121. The lowest BCUT2D eigenvalue weighted by Gasteiger charge is -2.22. The van der Waals surface area contributed by atoms with E-state index in [1.807, 2.05) is 0 Å². The molecule has 1 heterocycles. The fourth-order valence-electron chi connectivity index (χ4n) is 2.12. The molecule has 2 rings (SSSR count). The van der Waals surface area contributed by atoms with Crippen LogP contribution in [0.4, 0.5) is 4.39 Å². The van der Waals surface area contributed by atoms with Crippen LogP contribution in [0.2, 0.25) is 0 Å². The topological polar surface area (TPSA) is 63.4 Å². The molecule has 1 atom stereocenters. The predicted molar refractivity (Wildman–Crippen MR) is 67.4 cm³/mol. The Hall–Kier alpha value is -1.43. The zero-order valence-corrected chi connectivity index (χ0v) is 11.1. The first-order chi connectivity index (χ1) is 8.50. The third kappa shape index (κ3) is 2.38. The van der Waals surface area contributed by atoms with Crippen LogP contribution < -0.4 is 5.73 Å². The van der Waals surface area contributed by atoms with Gasteiger partial charge in [-0.3, -0.25) is 9.59 Å². The molecule has 0 bridgehead atoms. The van der Waals surface area contributed by atoms with E-state index in [1.54, 1.807) is 0 Å². The number of primary amides is 1. The van der Waals surface area contributed by atoms with E-state index < -0.39 is 23.7 Å². The fourth-order valence-corrected chi connectivity index (χ4v) is 2.48. The van der Waals surface area contributed by atoms with Gasteiger partial charge in [-0.15, -0.1) is 0 Å². The largest absolute Gasteiger partial charge is 0.368 e. The van der Waals surface area contributed by atoms with Crippen molar-refractivity contribution in [1.82, 2.24) is 4.90 Å². The van der Waals surface area contributed by atoms with Crippen molar-refractivity contribution in [3.8, 4) is 0 Å². The van der Waals surface area contributed by atoms with Crippen molar-refractivity contribution < 1.29 is 14.0 Å². The van der Waals surface area contributed by atoms with Crippen LogP contribution in [0.1, 0.15) is 23.2 Å². The molecule has 1 aliphatic rings. The molecule has 0 saturated carbocycles. The van der Waals surface area contributed by atoms with Gasteiger partial charge in [0, 0.05) is 11.0 Å². The number of hydrogen-bond acceptors (Lipinski definition) is 2. The molecule has 1 aromatic rings. The maximum atomic E-state index is 13.6. The minimum atomic E-state index is -0.629. The van der Waals surface area contributed by atoms with Crippen LogP contribution in [-0.2, 0) is 4.79 Å². The Morgan fingerprint density at radius 3 is 2.83 bits per heavy atom. The number of nitrogens with two attached hydrogens (primary N) is 1. The van der Waals surface area contributed by atoms with Gasteiger partial charge in [0.05, 0.1) is 5.56 Å². The van der Waals surface area contributed by atoms with Crippen LogP contribution in [0, 0.1) is 5.82 Å². The molecule has 1 saturated heterocycles. The minimum absolute atomic E-state index is 0.0440. The number of nitrogens with zero attached hydrogens (tertiary/aromatic N) is 1. The highest BCUT2D eigenvalue weighted by atomic mass is 79.9. The van der Waals surface area contributed by atoms with Crippen molar-refractivity contribution in [3.05, 3.63) is 34.1 Å². The molecule has 1 aliphatic heterocycles. The predicted octanol–water partition coefficient (Wildman–Crippen LogP) is 1.68. The van der Waals surface area contributed by atoms with Crippen molar-refractivity contribution in [2.75, 3.05) is 6.54 Å². The summed E-state index contributed by atoms with van der Waals surface area (Å²) >= 11 is 3.19. The van der Waals surface area contributed by atoms with E-state index in [0.29, 0.717) is 23.9 Å². The Kier molecular flexibility index (Phi) is 3.65. The van der Waals surface area contributed by atoms with Gasteiger partial charge in [-0.25, -0.2) is 4.39 Å². The minimum Gasteiger partial charge on any atom is -0.368 e. The second-order valence-corrected chi connectivity index (χ2v) is 5.10. The fraction of sp³-hybridized carbons (Fsp3) is 0.333. The highest BCUT2D eigenvalue weighted by molar-refractivity contribution is 9.10. The first kappa shape index (κ1) is 13.0. The maximum Gasteiger partial charge on any atom is 0.257 e. The van der Waals surface area contributed by atoms with Crippen LogP contribution in [-0.4, -0.2) is 29.3 Å². The number of amides is 2. The quantitative estimate of drug-likeness (QED) is 0.902. The lowest BCUT2D eigenvalue weighted by atomic mass is 10.1. The molecule has 0 aliphatic carbocycles. The van der Waals surface area contributed by atoms with E-state index in [-0.39, 0.29) is 5.56 Å². The molecule has 6 heteroatoms. The number of carbonyl (C=O) groups is 2. The highest BCUT2D eigenvalue weighted by Gasteiger charge is 2.34. The van der Waals surface area contributed by atoms with Gasteiger partial charge >= 0.3 is 0 Å². The lowest BCUT2D eigenvalue weighted by Crippen LogP contribution is -2.43. The van der Waals surface area contributed by atoms with E-state index in [0.717, 1.165) is 0 Å². The van der Waals surface area contributed by atoms with Crippen molar-refractivity contribution >= 4 is 27.7 Å². The van der Waals surface area contributed by atoms with E-state index in [2.05, 4.69) is 15.9 Å². The van der Waals surface area contributed by atoms with E-state index in [9.17, 15) is 14.0 Å². The molecular weight excluding hydrogens is 303 g/mol. The van der Waals surface area contributed by atoms with Crippen LogP contribution in [0.5, 0.6) is 0 Å². The highest BCUT2D eigenvalue weighted by Crippen LogP contribution is 2.23. The zero-order valence-electron chi connectivity index (χ0n) is 9.53. The summed E-state index contributed by atoms with van der Waals surface area (Å²) in [6.45, 7) is 0.429. The number of benzene rings is 1. The molecule has 1 aromatic carbocycles. The molecular formula is C12H12BrFN2O2. The molecule has 96 valence electrons. The van der Waals surface area contributed by atoms with Crippen molar-refractivity contribution in [2.24, 2.45) is 5.73 Å². The summed E-state index contributed by atoms with van der Waals surface area (Å²) in [6, 6.07) is 3.51. The number of carbonyl (C=O) groups excluding carboxylic acids is 2. The number of likely N-dealkylation sites (tertiary alicyclic amines) is 1. The summed E-state index contributed by atoms with van der Waals surface area (Å²) < 4.78 is 14.2. The van der Waals surface area contributed by atoms with E-state index in [1.165, 1.54) is 23.1 Å². The van der Waals surface area contributed by atoms with Gasteiger partial charge in [-0.05, 0) is 31.0 Å². The van der Waals surface area contributed by atoms with Gasteiger partial charge in [0.15, 0.2) is 0 Å².